The lowest BCUT2D eigenvalue weighted by Crippen LogP contribution is -2.46. The highest BCUT2D eigenvalue weighted by Crippen LogP contribution is 2.28. The van der Waals surface area contributed by atoms with Gasteiger partial charge in [-0.15, -0.1) is 0 Å². The molecule has 3 rings (SSSR count). The van der Waals surface area contributed by atoms with E-state index in [1.807, 2.05) is 4.90 Å². The smallest absolute Gasteiger partial charge is 0.245 e. The van der Waals surface area contributed by atoms with Gasteiger partial charge in [-0.05, 0) is 43.7 Å². The summed E-state index contributed by atoms with van der Waals surface area (Å²) in [4.78, 5) is 14.6. The zero-order chi connectivity index (χ0) is 14.8. The zero-order valence-electron chi connectivity index (χ0n) is 12.6. The largest absolute Gasteiger partial charge is 0.396 e. The molecule has 1 amide bonds. The maximum Gasteiger partial charge on any atom is 0.245 e. The number of amides is 1. The van der Waals surface area contributed by atoms with E-state index >= 15 is 0 Å². The van der Waals surface area contributed by atoms with Crippen molar-refractivity contribution in [1.29, 1.82) is 0 Å². The van der Waals surface area contributed by atoms with E-state index < -0.39 is 0 Å². The van der Waals surface area contributed by atoms with E-state index in [1.165, 1.54) is 11.1 Å². The first-order valence-corrected chi connectivity index (χ1v) is 7.93. The SMILES string of the molecule is Cc1ccc2c(c1)CC(C(=O)N1CCC(CCO)CC1)N2. The number of hydrogen-bond acceptors (Lipinski definition) is 3. The number of hydrogen-bond donors (Lipinski definition) is 2. The van der Waals surface area contributed by atoms with Gasteiger partial charge in [-0.3, -0.25) is 4.79 Å². The number of nitrogens with one attached hydrogen (secondary N) is 1. The second-order valence-corrected chi connectivity index (χ2v) is 6.34. The highest BCUT2D eigenvalue weighted by Gasteiger charge is 2.32. The molecule has 0 aliphatic carbocycles. The molecule has 1 fully saturated rings. The Morgan fingerprint density at radius 2 is 2.14 bits per heavy atom. The summed E-state index contributed by atoms with van der Waals surface area (Å²) in [6.45, 7) is 4.01. The summed E-state index contributed by atoms with van der Waals surface area (Å²) in [5, 5.41) is 12.4. The van der Waals surface area contributed by atoms with Gasteiger partial charge >= 0.3 is 0 Å². The number of carbonyl (C=O) groups is 1. The number of likely N-dealkylation sites (tertiary alicyclic amines) is 1. The molecule has 1 unspecified atom stereocenters. The Morgan fingerprint density at radius 3 is 2.86 bits per heavy atom. The fourth-order valence-electron chi connectivity index (χ4n) is 3.48. The van der Waals surface area contributed by atoms with Crippen LogP contribution in [0.5, 0.6) is 0 Å². The Balaban J connectivity index is 1.58. The minimum Gasteiger partial charge on any atom is -0.396 e. The van der Waals surface area contributed by atoms with Crippen LogP contribution in [-0.2, 0) is 11.2 Å². The molecule has 2 N–H and O–H groups in total. The van der Waals surface area contributed by atoms with Crippen molar-refractivity contribution in [3.63, 3.8) is 0 Å². The van der Waals surface area contributed by atoms with Gasteiger partial charge in [-0.25, -0.2) is 0 Å². The lowest BCUT2D eigenvalue weighted by Gasteiger charge is -2.33. The minimum atomic E-state index is -0.101. The van der Waals surface area contributed by atoms with Gasteiger partial charge in [0.25, 0.3) is 0 Å². The third-order valence-electron chi connectivity index (χ3n) is 4.78. The second-order valence-electron chi connectivity index (χ2n) is 6.34. The average Bonchev–Trinajstić information content (AvgIpc) is 2.90. The molecule has 2 aliphatic heterocycles. The predicted molar refractivity (Wildman–Crippen MR) is 83.3 cm³/mol. The molecule has 4 nitrogen and oxygen atoms in total. The number of piperidine rings is 1. The van der Waals surface area contributed by atoms with E-state index in [9.17, 15) is 4.79 Å². The molecule has 0 aromatic heterocycles. The number of aliphatic hydroxyl groups is 1. The standard InChI is InChI=1S/C17H24N2O2/c1-12-2-3-15-14(10-12)11-16(18-15)17(21)19-7-4-13(5-8-19)6-9-20/h2-3,10,13,16,18,20H,4-9,11H2,1H3. The number of benzene rings is 1. The summed E-state index contributed by atoms with van der Waals surface area (Å²) in [6.07, 6.45) is 3.71. The van der Waals surface area contributed by atoms with Crippen molar-refractivity contribution in [3.8, 4) is 0 Å². The maximum absolute atomic E-state index is 12.6. The summed E-state index contributed by atoms with van der Waals surface area (Å²) in [5.41, 5.74) is 3.60. The third kappa shape index (κ3) is 3.05. The number of nitrogens with zero attached hydrogens (tertiary/aromatic N) is 1. The molecule has 2 heterocycles. The van der Waals surface area contributed by atoms with Crippen molar-refractivity contribution in [2.45, 2.75) is 38.6 Å². The Morgan fingerprint density at radius 1 is 1.38 bits per heavy atom. The minimum absolute atomic E-state index is 0.101. The highest BCUT2D eigenvalue weighted by atomic mass is 16.3. The van der Waals surface area contributed by atoms with Crippen LogP contribution >= 0.6 is 0 Å². The van der Waals surface area contributed by atoms with Crippen LogP contribution in [0.4, 0.5) is 5.69 Å². The number of aryl methyl sites for hydroxylation is 1. The summed E-state index contributed by atoms with van der Waals surface area (Å²) in [7, 11) is 0. The molecule has 1 saturated heterocycles. The molecule has 21 heavy (non-hydrogen) atoms. The van der Waals surface area contributed by atoms with Crippen molar-refractivity contribution in [2.75, 3.05) is 25.0 Å². The van der Waals surface area contributed by atoms with Crippen LogP contribution in [0, 0.1) is 12.8 Å². The van der Waals surface area contributed by atoms with E-state index in [4.69, 9.17) is 5.11 Å². The summed E-state index contributed by atoms with van der Waals surface area (Å²) < 4.78 is 0. The predicted octanol–water partition coefficient (Wildman–Crippen LogP) is 1.95. The highest BCUT2D eigenvalue weighted by molar-refractivity contribution is 5.87. The molecule has 0 saturated carbocycles. The second kappa shape index (κ2) is 6.06. The van der Waals surface area contributed by atoms with Crippen LogP contribution in [0.3, 0.4) is 0 Å². The lowest BCUT2D eigenvalue weighted by atomic mass is 9.93. The Bertz CT molecular complexity index is 522. The molecule has 114 valence electrons. The topological polar surface area (TPSA) is 52.6 Å². The van der Waals surface area contributed by atoms with Crippen LogP contribution in [0.1, 0.15) is 30.4 Å². The summed E-state index contributed by atoms with van der Waals surface area (Å²) in [5.74, 6) is 0.807. The van der Waals surface area contributed by atoms with E-state index in [0.717, 1.165) is 44.5 Å². The van der Waals surface area contributed by atoms with Crippen molar-refractivity contribution in [3.05, 3.63) is 29.3 Å². The quantitative estimate of drug-likeness (QED) is 0.894. The molecule has 4 heteroatoms. The number of anilines is 1. The zero-order valence-corrected chi connectivity index (χ0v) is 12.6. The number of fused-ring (bicyclic) bond motifs is 1. The molecule has 1 aromatic carbocycles. The normalized spacial score (nSPS) is 22.0. The Labute approximate surface area is 126 Å². The maximum atomic E-state index is 12.6. The first-order valence-electron chi connectivity index (χ1n) is 7.93. The summed E-state index contributed by atoms with van der Waals surface area (Å²) in [6, 6.07) is 6.23. The van der Waals surface area contributed by atoms with Crippen LogP contribution in [0.25, 0.3) is 0 Å². The van der Waals surface area contributed by atoms with Crippen LogP contribution in [0.2, 0.25) is 0 Å². The Kier molecular flexibility index (Phi) is 4.15. The van der Waals surface area contributed by atoms with Crippen molar-refractivity contribution < 1.29 is 9.90 Å². The van der Waals surface area contributed by atoms with Gasteiger partial charge in [-0.1, -0.05) is 17.7 Å². The van der Waals surface area contributed by atoms with E-state index in [2.05, 4.69) is 30.4 Å². The molecular weight excluding hydrogens is 264 g/mol. The van der Waals surface area contributed by atoms with E-state index in [0.29, 0.717) is 5.92 Å². The van der Waals surface area contributed by atoms with Gasteiger partial charge in [0.05, 0.1) is 0 Å². The lowest BCUT2D eigenvalue weighted by molar-refractivity contribution is -0.133. The fraction of sp³-hybridized carbons (Fsp3) is 0.588. The monoisotopic (exact) mass is 288 g/mol. The van der Waals surface area contributed by atoms with E-state index in [-0.39, 0.29) is 18.6 Å². The van der Waals surface area contributed by atoms with Gasteiger partial charge in [0, 0.05) is 31.8 Å². The number of carbonyl (C=O) groups excluding carboxylic acids is 1. The van der Waals surface area contributed by atoms with Gasteiger partial charge < -0.3 is 15.3 Å². The molecule has 0 radical (unpaired) electrons. The van der Waals surface area contributed by atoms with Gasteiger partial charge in [0.2, 0.25) is 5.91 Å². The van der Waals surface area contributed by atoms with Crippen LogP contribution in [-0.4, -0.2) is 41.7 Å². The molecule has 0 bridgehead atoms. The van der Waals surface area contributed by atoms with Crippen molar-refractivity contribution >= 4 is 11.6 Å². The fourth-order valence-corrected chi connectivity index (χ4v) is 3.48. The molecule has 2 aliphatic rings. The summed E-state index contributed by atoms with van der Waals surface area (Å²) >= 11 is 0. The van der Waals surface area contributed by atoms with Gasteiger partial charge in [0.1, 0.15) is 6.04 Å². The first-order chi connectivity index (χ1) is 10.2. The number of aliphatic hydroxyl groups excluding tert-OH is 1. The third-order valence-corrected chi connectivity index (χ3v) is 4.78. The van der Waals surface area contributed by atoms with Crippen LogP contribution < -0.4 is 5.32 Å². The van der Waals surface area contributed by atoms with Crippen molar-refractivity contribution in [1.82, 2.24) is 4.90 Å². The molecular formula is C17H24N2O2. The molecule has 1 atom stereocenters. The van der Waals surface area contributed by atoms with Gasteiger partial charge in [-0.2, -0.15) is 0 Å². The Hall–Kier alpha value is -1.55. The molecule has 1 aromatic rings. The van der Waals surface area contributed by atoms with Gasteiger partial charge in [0.15, 0.2) is 0 Å². The molecule has 0 spiro atoms. The average molecular weight is 288 g/mol. The number of rotatable bonds is 3. The van der Waals surface area contributed by atoms with Crippen molar-refractivity contribution in [2.24, 2.45) is 5.92 Å². The van der Waals surface area contributed by atoms with Crippen LogP contribution in [0.15, 0.2) is 18.2 Å². The first kappa shape index (κ1) is 14.4. The van der Waals surface area contributed by atoms with E-state index in [1.54, 1.807) is 0 Å².